The maximum atomic E-state index is 12.0. The van der Waals surface area contributed by atoms with Crippen molar-refractivity contribution in [3.05, 3.63) is 47.2 Å². The molecule has 1 aromatic carbocycles. The van der Waals surface area contributed by atoms with Gasteiger partial charge in [0.15, 0.2) is 5.82 Å². The third-order valence-corrected chi connectivity index (χ3v) is 4.29. The lowest BCUT2D eigenvalue weighted by molar-refractivity contribution is -0.119. The van der Waals surface area contributed by atoms with E-state index in [1.807, 2.05) is 31.2 Å². The van der Waals surface area contributed by atoms with Crippen molar-refractivity contribution in [1.82, 2.24) is 10.5 Å². The summed E-state index contributed by atoms with van der Waals surface area (Å²) in [6.45, 7) is 3.60. The Labute approximate surface area is 135 Å². The zero-order valence-electron chi connectivity index (χ0n) is 13.2. The molecule has 0 saturated carbocycles. The molecule has 0 aliphatic heterocycles. The van der Waals surface area contributed by atoms with Gasteiger partial charge in [0.25, 0.3) is 0 Å². The van der Waals surface area contributed by atoms with Crippen molar-refractivity contribution in [3.63, 3.8) is 0 Å². The largest absolute Gasteiger partial charge is 0.360 e. The van der Waals surface area contributed by atoms with Crippen LogP contribution in [0.3, 0.4) is 0 Å². The van der Waals surface area contributed by atoms with E-state index in [-0.39, 0.29) is 12.4 Å². The molecule has 0 radical (unpaired) electrons. The molecular formula is C15H19N3O4S. The third kappa shape index (κ3) is 4.82. The van der Waals surface area contributed by atoms with Crippen molar-refractivity contribution >= 4 is 21.7 Å². The minimum atomic E-state index is -3.64. The van der Waals surface area contributed by atoms with Gasteiger partial charge in [-0.15, -0.1) is 0 Å². The molecule has 0 saturated heterocycles. The van der Waals surface area contributed by atoms with Gasteiger partial charge in [-0.05, 0) is 19.4 Å². The number of sulfonamides is 1. The lowest BCUT2D eigenvalue weighted by Gasteiger charge is -2.18. The lowest BCUT2D eigenvalue weighted by atomic mass is 10.1. The fourth-order valence-electron chi connectivity index (χ4n) is 1.93. The first-order chi connectivity index (χ1) is 10.8. The average Bonchev–Trinajstić information content (AvgIpc) is 2.89. The maximum absolute atomic E-state index is 12.0. The van der Waals surface area contributed by atoms with Crippen LogP contribution in [0.5, 0.6) is 0 Å². The van der Waals surface area contributed by atoms with Crippen molar-refractivity contribution < 1.29 is 17.7 Å². The molecule has 0 atom stereocenters. The second-order valence-corrected chi connectivity index (χ2v) is 7.23. The lowest BCUT2D eigenvalue weighted by Crippen LogP contribution is -2.40. The minimum Gasteiger partial charge on any atom is -0.360 e. The number of benzene rings is 1. The summed E-state index contributed by atoms with van der Waals surface area (Å²) < 4.78 is 29.5. The minimum absolute atomic E-state index is 0.0930. The Balaban J connectivity index is 2.02. The van der Waals surface area contributed by atoms with Crippen molar-refractivity contribution in [2.45, 2.75) is 20.4 Å². The Morgan fingerprint density at radius 2 is 1.91 bits per heavy atom. The number of nitrogens with zero attached hydrogens (tertiary/aromatic N) is 2. The van der Waals surface area contributed by atoms with Crippen LogP contribution in [-0.2, 0) is 21.4 Å². The summed E-state index contributed by atoms with van der Waals surface area (Å²) in [6.07, 6.45) is 1.02. The molecule has 0 aliphatic rings. The molecule has 124 valence electrons. The van der Waals surface area contributed by atoms with Gasteiger partial charge in [0.2, 0.25) is 15.9 Å². The van der Waals surface area contributed by atoms with Crippen LogP contribution in [0, 0.1) is 13.8 Å². The Bertz CT molecular complexity index is 781. The van der Waals surface area contributed by atoms with Gasteiger partial charge in [-0.3, -0.25) is 4.79 Å². The second-order valence-electron chi connectivity index (χ2n) is 5.33. The Morgan fingerprint density at radius 3 is 2.43 bits per heavy atom. The Morgan fingerprint density at radius 1 is 1.26 bits per heavy atom. The summed E-state index contributed by atoms with van der Waals surface area (Å²) in [5.74, 6) is 0.140. The fourth-order valence-corrected chi connectivity index (χ4v) is 2.71. The molecule has 2 rings (SSSR count). The molecule has 0 bridgehead atoms. The van der Waals surface area contributed by atoms with Crippen LogP contribution in [0.2, 0.25) is 0 Å². The standard InChI is InChI=1S/C15H19N3O4S/c1-11-4-6-13(7-5-11)9-16-15(19)10-18(23(3,20)21)14-8-12(2)22-17-14/h4-8H,9-10H2,1-3H3,(H,16,19). The van der Waals surface area contributed by atoms with E-state index in [2.05, 4.69) is 10.5 Å². The van der Waals surface area contributed by atoms with E-state index in [1.165, 1.54) is 6.07 Å². The first-order valence-corrected chi connectivity index (χ1v) is 8.84. The first-order valence-electron chi connectivity index (χ1n) is 6.99. The highest BCUT2D eigenvalue weighted by Crippen LogP contribution is 2.16. The highest BCUT2D eigenvalue weighted by Gasteiger charge is 2.23. The number of nitrogens with one attached hydrogen (secondary N) is 1. The Kier molecular flexibility index (Phi) is 5.05. The van der Waals surface area contributed by atoms with Crippen LogP contribution in [0.4, 0.5) is 5.82 Å². The summed E-state index contributed by atoms with van der Waals surface area (Å²) in [5, 5.41) is 6.35. The predicted octanol–water partition coefficient (Wildman–Crippen LogP) is 1.37. The van der Waals surface area contributed by atoms with Gasteiger partial charge >= 0.3 is 0 Å². The molecule has 1 aromatic heterocycles. The summed E-state index contributed by atoms with van der Waals surface area (Å²) >= 11 is 0. The SMILES string of the molecule is Cc1ccc(CNC(=O)CN(c2cc(C)on2)S(C)(=O)=O)cc1. The van der Waals surface area contributed by atoms with E-state index < -0.39 is 15.9 Å². The normalized spacial score (nSPS) is 11.3. The second kappa shape index (κ2) is 6.82. The summed E-state index contributed by atoms with van der Waals surface area (Å²) in [6, 6.07) is 9.18. The summed E-state index contributed by atoms with van der Waals surface area (Å²) in [7, 11) is -3.64. The van der Waals surface area contributed by atoms with Crippen LogP contribution in [0.25, 0.3) is 0 Å². The van der Waals surface area contributed by atoms with Crippen LogP contribution in [0.15, 0.2) is 34.9 Å². The number of aromatic nitrogens is 1. The zero-order chi connectivity index (χ0) is 17.0. The number of anilines is 1. The molecule has 1 heterocycles. The molecule has 7 nitrogen and oxygen atoms in total. The molecule has 1 N–H and O–H groups in total. The number of rotatable bonds is 6. The number of hydrogen-bond donors (Lipinski definition) is 1. The van der Waals surface area contributed by atoms with E-state index in [1.54, 1.807) is 6.92 Å². The molecule has 0 spiro atoms. The van der Waals surface area contributed by atoms with E-state index >= 15 is 0 Å². The van der Waals surface area contributed by atoms with Gasteiger partial charge in [-0.2, -0.15) is 0 Å². The van der Waals surface area contributed by atoms with E-state index in [4.69, 9.17) is 4.52 Å². The van der Waals surface area contributed by atoms with Gasteiger partial charge in [0.1, 0.15) is 12.3 Å². The van der Waals surface area contributed by atoms with Crippen molar-refractivity contribution in [2.75, 3.05) is 17.1 Å². The number of amides is 1. The van der Waals surface area contributed by atoms with Crippen LogP contribution in [-0.4, -0.2) is 32.3 Å². The average molecular weight is 337 g/mol. The van der Waals surface area contributed by atoms with Crippen LogP contribution < -0.4 is 9.62 Å². The van der Waals surface area contributed by atoms with Crippen molar-refractivity contribution in [1.29, 1.82) is 0 Å². The summed E-state index contributed by atoms with van der Waals surface area (Å²) in [4.78, 5) is 12.0. The fraction of sp³-hybridized carbons (Fsp3) is 0.333. The van der Waals surface area contributed by atoms with E-state index in [9.17, 15) is 13.2 Å². The van der Waals surface area contributed by atoms with Crippen molar-refractivity contribution in [2.24, 2.45) is 0 Å². The number of aryl methyl sites for hydroxylation is 2. The van der Waals surface area contributed by atoms with Crippen LogP contribution >= 0.6 is 0 Å². The number of carbonyl (C=O) groups is 1. The third-order valence-electron chi connectivity index (χ3n) is 3.17. The maximum Gasteiger partial charge on any atom is 0.241 e. The van der Waals surface area contributed by atoms with Gasteiger partial charge in [-0.25, -0.2) is 12.7 Å². The molecule has 1 amide bonds. The molecule has 0 aliphatic carbocycles. The van der Waals surface area contributed by atoms with Gasteiger partial charge in [0, 0.05) is 12.6 Å². The number of carbonyl (C=O) groups excluding carboxylic acids is 1. The van der Waals surface area contributed by atoms with E-state index in [0.717, 1.165) is 21.7 Å². The predicted molar refractivity (Wildman–Crippen MR) is 86.5 cm³/mol. The highest BCUT2D eigenvalue weighted by atomic mass is 32.2. The van der Waals surface area contributed by atoms with Gasteiger partial charge in [-0.1, -0.05) is 35.0 Å². The molecule has 0 fully saturated rings. The molecule has 2 aromatic rings. The van der Waals surface area contributed by atoms with E-state index in [0.29, 0.717) is 12.3 Å². The van der Waals surface area contributed by atoms with Crippen molar-refractivity contribution in [3.8, 4) is 0 Å². The smallest absolute Gasteiger partial charge is 0.241 e. The monoisotopic (exact) mass is 337 g/mol. The first kappa shape index (κ1) is 17.0. The van der Waals surface area contributed by atoms with Gasteiger partial charge < -0.3 is 9.84 Å². The zero-order valence-corrected chi connectivity index (χ0v) is 14.1. The molecule has 8 heteroatoms. The molecule has 23 heavy (non-hydrogen) atoms. The Hall–Kier alpha value is -2.35. The van der Waals surface area contributed by atoms with Gasteiger partial charge in [0.05, 0.1) is 6.26 Å². The molecular weight excluding hydrogens is 318 g/mol. The number of hydrogen-bond acceptors (Lipinski definition) is 5. The summed E-state index contributed by atoms with van der Waals surface area (Å²) in [5.41, 5.74) is 2.07. The topological polar surface area (TPSA) is 92.5 Å². The van der Waals surface area contributed by atoms with Crippen LogP contribution in [0.1, 0.15) is 16.9 Å². The molecule has 0 unspecified atom stereocenters. The quantitative estimate of drug-likeness (QED) is 0.859. The highest BCUT2D eigenvalue weighted by molar-refractivity contribution is 7.92.